The number of benzene rings is 1. The van der Waals surface area contributed by atoms with Gasteiger partial charge in [0.2, 0.25) is 0 Å². The van der Waals surface area contributed by atoms with E-state index in [2.05, 4.69) is 23.6 Å². The molecule has 0 bridgehead atoms. The number of carbonyl (C=O) groups is 2. The highest BCUT2D eigenvalue weighted by Crippen LogP contribution is 2.40. The molecule has 1 saturated heterocycles. The van der Waals surface area contributed by atoms with E-state index in [0.29, 0.717) is 25.9 Å². The first-order valence-corrected chi connectivity index (χ1v) is 13.2. The second-order valence-electron chi connectivity index (χ2n) is 10.5. The molecule has 190 valence electrons. The number of aromatic nitrogens is 2. The normalized spacial score (nSPS) is 25.8. The molecule has 1 amide bonds. The van der Waals surface area contributed by atoms with Crippen LogP contribution in [0.2, 0.25) is 0 Å². The molecule has 2 atom stereocenters. The zero-order valence-electron chi connectivity index (χ0n) is 20.9. The van der Waals surface area contributed by atoms with Crippen LogP contribution in [0.25, 0.3) is 11.0 Å². The molecular formula is C27H37N3O5. The van der Waals surface area contributed by atoms with Gasteiger partial charge in [0.05, 0.1) is 36.7 Å². The van der Waals surface area contributed by atoms with Gasteiger partial charge in [-0.25, -0.2) is 9.78 Å². The first kappa shape index (κ1) is 24.1. The standard InChI is InChI=1S/C27H37N3O5/c1-17(15-21-5-3-4-14-35-21)30-23-11-10-18-12-13-29(27(33)34-2)16-22(18)24(23)28-25(30)19-6-8-20(9-7-19)26(31)32/h10-11,17,19-21H,3-9,12-16H2,1-2H3,(H,31,32)/t17-,19?,20?,21+/m0/s1. The monoisotopic (exact) mass is 483 g/mol. The van der Waals surface area contributed by atoms with Crippen molar-refractivity contribution in [2.45, 2.75) is 89.3 Å². The fourth-order valence-corrected chi connectivity index (χ4v) is 6.33. The first-order valence-electron chi connectivity index (χ1n) is 13.2. The molecule has 3 heterocycles. The number of carbonyl (C=O) groups excluding carboxylic acids is 1. The number of hydrogen-bond donors (Lipinski definition) is 1. The average molecular weight is 484 g/mol. The second-order valence-corrected chi connectivity index (χ2v) is 10.5. The Balaban J connectivity index is 1.52. The lowest BCUT2D eigenvalue weighted by Crippen LogP contribution is -2.35. The predicted octanol–water partition coefficient (Wildman–Crippen LogP) is 5.04. The lowest BCUT2D eigenvalue weighted by molar-refractivity contribution is -0.142. The molecule has 1 aromatic heterocycles. The fourth-order valence-electron chi connectivity index (χ4n) is 6.33. The molecule has 8 heteroatoms. The summed E-state index contributed by atoms with van der Waals surface area (Å²) in [5, 5.41) is 9.48. The molecule has 2 fully saturated rings. The Kier molecular flexibility index (Phi) is 7.00. The van der Waals surface area contributed by atoms with Gasteiger partial charge in [0.1, 0.15) is 5.82 Å². The van der Waals surface area contributed by atoms with Crippen LogP contribution in [0.5, 0.6) is 0 Å². The summed E-state index contributed by atoms with van der Waals surface area (Å²) in [7, 11) is 1.42. The van der Waals surface area contributed by atoms with Crippen LogP contribution in [-0.4, -0.2) is 58.0 Å². The third-order valence-electron chi connectivity index (χ3n) is 8.28. The Bertz CT molecular complexity index is 1080. The van der Waals surface area contributed by atoms with Crippen LogP contribution in [0.15, 0.2) is 12.1 Å². The number of rotatable bonds is 5. The minimum atomic E-state index is -0.684. The smallest absolute Gasteiger partial charge is 0.409 e. The highest BCUT2D eigenvalue weighted by molar-refractivity contribution is 5.82. The number of carboxylic acid groups (broad SMARTS) is 1. The van der Waals surface area contributed by atoms with E-state index in [1.54, 1.807) is 4.90 Å². The predicted molar refractivity (Wildman–Crippen MR) is 132 cm³/mol. The average Bonchev–Trinajstić information content (AvgIpc) is 3.29. The zero-order chi connectivity index (χ0) is 24.5. The van der Waals surface area contributed by atoms with E-state index in [-0.39, 0.29) is 30.1 Å². The summed E-state index contributed by atoms with van der Waals surface area (Å²) in [6.45, 7) is 4.24. The van der Waals surface area contributed by atoms with Crippen molar-refractivity contribution in [3.05, 3.63) is 29.1 Å². The fraction of sp³-hybridized carbons (Fsp3) is 0.667. The highest BCUT2D eigenvalue weighted by Gasteiger charge is 2.33. The minimum Gasteiger partial charge on any atom is -0.481 e. The van der Waals surface area contributed by atoms with Gasteiger partial charge in [-0.2, -0.15) is 0 Å². The summed E-state index contributed by atoms with van der Waals surface area (Å²) in [6.07, 6.45) is 8.19. The number of amides is 1. The van der Waals surface area contributed by atoms with Crippen molar-refractivity contribution >= 4 is 23.1 Å². The molecule has 1 aromatic carbocycles. The Morgan fingerprint density at radius 3 is 2.69 bits per heavy atom. The van der Waals surface area contributed by atoms with Crippen molar-refractivity contribution in [1.29, 1.82) is 0 Å². The van der Waals surface area contributed by atoms with Crippen LogP contribution in [0, 0.1) is 5.92 Å². The van der Waals surface area contributed by atoms with Gasteiger partial charge < -0.3 is 24.0 Å². The maximum Gasteiger partial charge on any atom is 0.409 e. The SMILES string of the molecule is COC(=O)N1CCc2ccc3c(nc(C4CCC(C(=O)O)CC4)n3[C@@H](C)C[C@H]3CCCCO3)c2C1. The number of hydrogen-bond acceptors (Lipinski definition) is 5. The van der Waals surface area contributed by atoms with Crippen LogP contribution in [0.4, 0.5) is 4.79 Å². The number of ether oxygens (including phenoxy) is 2. The summed E-state index contributed by atoms with van der Waals surface area (Å²) in [5.41, 5.74) is 4.43. The number of carboxylic acids is 1. The maximum absolute atomic E-state index is 12.3. The van der Waals surface area contributed by atoms with Gasteiger partial charge in [-0.15, -0.1) is 0 Å². The van der Waals surface area contributed by atoms with E-state index in [1.807, 2.05) is 0 Å². The molecule has 35 heavy (non-hydrogen) atoms. The van der Waals surface area contributed by atoms with E-state index in [9.17, 15) is 14.7 Å². The van der Waals surface area contributed by atoms with Gasteiger partial charge in [-0.05, 0) is 76.3 Å². The number of aliphatic carboxylic acids is 1. The molecular weight excluding hydrogens is 446 g/mol. The number of nitrogens with zero attached hydrogens (tertiary/aromatic N) is 3. The molecule has 1 saturated carbocycles. The van der Waals surface area contributed by atoms with Gasteiger partial charge in [-0.1, -0.05) is 6.07 Å². The number of fused-ring (bicyclic) bond motifs is 3. The van der Waals surface area contributed by atoms with Crippen molar-refractivity contribution < 1.29 is 24.2 Å². The topological polar surface area (TPSA) is 93.9 Å². The van der Waals surface area contributed by atoms with Gasteiger partial charge in [0.15, 0.2) is 0 Å². The maximum atomic E-state index is 12.3. The van der Waals surface area contributed by atoms with E-state index < -0.39 is 5.97 Å². The summed E-state index contributed by atoms with van der Waals surface area (Å²) < 4.78 is 13.5. The molecule has 2 aliphatic heterocycles. The van der Waals surface area contributed by atoms with Crippen LogP contribution in [0.3, 0.4) is 0 Å². The molecule has 5 rings (SSSR count). The van der Waals surface area contributed by atoms with Gasteiger partial charge in [0.25, 0.3) is 0 Å². The van der Waals surface area contributed by atoms with Crippen LogP contribution in [-0.2, 0) is 27.2 Å². The quantitative estimate of drug-likeness (QED) is 0.640. The van der Waals surface area contributed by atoms with E-state index in [1.165, 1.54) is 19.1 Å². The second kappa shape index (κ2) is 10.2. The van der Waals surface area contributed by atoms with Crippen molar-refractivity contribution in [3.8, 4) is 0 Å². The molecule has 2 aromatic rings. The summed E-state index contributed by atoms with van der Waals surface area (Å²) >= 11 is 0. The zero-order valence-corrected chi connectivity index (χ0v) is 20.9. The molecule has 0 radical (unpaired) electrons. The highest BCUT2D eigenvalue weighted by atomic mass is 16.5. The van der Waals surface area contributed by atoms with Crippen molar-refractivity contribution in [3.63, 3.8) is 0 Å². The molecule has 0 unspecified atom stereocenters. The number of imidazole rings is 1. The Morgan fingerprint density at radius 2 is 2.00 bits per heavy atom. The molecule has 1 aliphatic carbocycles. The summed E-state index contributed by atoms with van der Waals surface area (Å²) in [6, 6.07) is 4.60. The Morgan fingerprint density at radius 1 is 1.20 bits per heavy atom. The third kappa shape index (κ3) is 4.77. The lowest BCUT2D eigenvalue weighted by Gasteiger charge is -2.30. The summed E-state index contributed by atoms with van der Waals surface area (Å²) in [4.78, 5) is 30.8. The molecule has 1 N–H and O–H groups in total. The van der Waals surface area contributed by atoms with Crippen molar-refractivity contribution in [2.75, 3.05) is 20.3 Å². The van der Waals surface area contributed by atoms with Gasteiger partial charge in [-0.3, -0.25) is 4.79 Å². The van der Waals surface area contributed by atoms with E-state index in [0.717, 1.165) is 67.6 Å². The van der Waals surface area contributed by atoms with Crippen molar-refractivity contribution in [1.82, 2.24) is 14.5 Å². The van der Waals surface area contributed by atoms with Gasteiger partial charge in [0, 0.05) is 30.7 Å². The minimum absolute atomic E-state index is 0.216. The van der Waals surface area contributed by atoms with Crippen LogP contribution < -0.4 is 0 Å². The van der Waals surface area contributed by atoms with Gasteiger partial charge >= 0.3 is 12.1 Å². The van der Waals surface area contributed by atoms with Crippen LogP contribution >= 0.6 is 0 Å². The first-order chi connectivity index (χ1) is 17.0. The Labute approximate surface area is 206 Å². The third-order valence-corrected chi connectivity index (χ3v) is 8.28. The van der Waals surface area contributed by atoms with Crippen molar-refractivity contribution in [2.24, 2.45) is 5.92 Å². The largest absolute Gasteiger partial charge is 0.481 e. The Hall–Kier alpha value is -2.61. The lowest BCUT2D eigenvalue weighted by atomic mass is 9.81. The van der Waals surface area contributed by atoms with E-state index in [4.69, 9.17) is 14.5 Å². The number of methoxy groups -OCH3 is 1. The summed E-state index contributed by atoms with van der Waals surface area (Å²) in [5.74, 6) is 0.370. The molecule has 8 nitrogen and oxygen atoms in total. The molecule has 3 aliphatic rings. The molecule has 0 spiro atoms. The van der Waals surface area contributed by atoms with E-state index >= 15 is 0 Å². The van der Waals surface area contributed by atoms with Crippen LogP contribution in [0.1, 0.15) is 87.2 Å².